The first-order valence-electron chi connectivity index (χ1n) is 9.54. The molecule has 0 aromatic heterocycles. The fraction of sp³-hybridized carbons (Fsp3) is 0.364. The van der Waals surface area contributed by atoms with Crippen LogP contribution in [0.2, 0.25) is 0 Å². The molecular formula is C22H29N3O3. The average molecular weight is 383 g/mol. The molecule has 2 aromatic carbocycles. The molecule has 0 saturated carbocycles. The molecule has 0 aliphatic heterocycles. The Morgan fingerprint density at radius 1 is 1.07 bits per heavy atom. The highest BCUT2D eigenvalue weighted by molar-refractivity contribution is 5.95. The van der Waals surface area contributed by atoms with E-state index in [1.807, 2.05) is 49.4 Å². The monoisotopic (exact) mass is 383 g/mol. The van der Waals surface area contributed by atoms with E-state index in [1.165, 1.54) is 0 Å². The van der Waals surface area contributed by atoms with E-state index >= 15 is 0 Å². The Hall–Kier alpha value is -2.86. The Morgan fingerprint density at radius 2 is 1.75 bits per heavy atom. The zero-order valence-corrected chi connectivity index (χ0v) is 16.8. The minimum Gasteiger partial charge on any atom is -0.489 e. The SMILES string of the molecule is CCCNC(=O)CN(C)[C@@H](C)C(=O)Nc1ccc(OCc2ccccc2)cc1. The molecule has 6 heteroatoms. The van der Waals surface area contributed by atoms with Crippen LogP contribution in [0.15, 0.2) is 54.6 Å². The predicted molar refractivity (Wildman–Crippen MR) is 111 cm³/mol. The Labute approximate surface area is 166 Å². The van der Waals surface area contributed by atoms with E-state index in [0.717, 1.165) is 17.7 Å². The van der Waals surface area contributed by atoms with Crippen molar-refractivity contribution in [2.75, 3.05) is 25.5 Å². The van der Waals surface area contributed by atoms with Gasteiger partial charge < -0.3 is 15.4 Å². The van der Waals surface area contributed by atoms with Crippen LogP contribution in [0.3, 0.4) is 0 Å². The number of carbonyl (C=O) groups is 2. The van der Waals surface area contributed by atoms with Crippen LogP contribution in [0.1, 0.15) is 25.8 Å². The second-order valence-electron chi connectivity index (χ2n) is 6.73. The lowest BCUT2D eigenvalue weighted by molar-refractivity contribution is -0.124. The van der Waals surface area contributed by atoms with Crippen molar-refractivity contribution in [1.29, 1.82) is 0 Å². The Bertz CT molecular complexity index is 747. The molecule has 0 fully saturated rings. The third-order valence-electron chi connectivity index (χ3n) is 4.38. The lowest BCUT2D eigenvalue weighted by atomic mass is 10.2. The summed E-state index contributed by atoms with van der Waals surface area (Å²) in [4.78, 5) is 26.0. The first-order valence-corrected chi connectivity index (χ1v) is 9.54. The number of nitrogens with one attached hydrogen (secondary N) is 2. The average Bonchev–Trinajstić information content (AvgIpc) is 2.71. The Balaban J connectivity index is 1.81. The van der Waals surface area contributed by atoms with Gasteiger partial charge in [-0.25, -0.2) is 0 Å². The Morgan fingerprint density at radius 3 is 2.39 bits per heavy atom. The van der Waals surface area contributed by atoms with Crippen LogP contribution in [0.25, 0.3) is 0 Å². The normalized spacial score (nSPS) is 11.7. The van der Waals surface area contributed by atoms with Gasteiger partial charge in [-0.2, -0.15) is 0 Å². The van der Waals surface area contributed by atoms with Crippen molar-refractivity contribution in [1.82, 2.24) is 10.2 Å². The molecule has 1 atom stereocenters. The zero-order valence-electron chi connectivity index (χ0n) is 16.8. The number of amides is 2. The molecule has 2 aromatic rings. The van der Waals surface area contributed by atoms with Crippen LogP contribution in [-0.4, -0.2) is 42.9 Å². The van der Waals surface area contributed by atoms with Crippen LogP contribution in [0.4, 0.5) is 5.69 Å². The summed E-state index contributed by atoms with van der Waals surface area (Å²) in [5, 5.41) is 5.68. The fourth-order valence-electron chi connectivity index (χ4n) is 2.51. The topological polar surface area (TPSA) is 70.7 Å². The number of ether oxygens (including phenoxy) is 1. The number of anilines is 1. The molecule has 2 rings (SSSR count). The molecular weight excluding hydrogens is 354 g/mol. The van der Waals surface area contributed by atoms with Crippen LogP contribution in [0, 0.1) is 0 Å². The number of nitrogens with zero attached hydrogens (tertiary/aromatic N) is 1. The molecule has 0 aliphatic carbocycles. The molecule has 0 heterocycles. The second-order valence-corrected chi connectivity index (χ2v) is 6.73. The van der Waals surface area contributed by atoms with Crippen molar-refractivity contribution in [3.8, 4) is 5.75 Å². The predicted octanol–water partition coefficient (Wildman–Crippen LogP) is 3.05. The van der Waals surface area contributed by atoms with Crippen molar-refractivity contribution in [3.63, 3.8) is 0 Å². The molecule has 0 aliphatic rings. The molecule has 6 nitrogen and oxygen atoms in total. The van der Waals surface area contributed by atoms with Crippen LogP contribution in [0.5, 0.6) is 5.75 Å². The maximum Gasteiger partial charge on any atom is 0.241 e. The summed E-state index contributed by atoms with van der Waals surface area (Å²) in [5.41, 5.74) is 1.78. The maximum absolute atomic E-state index is 12.4. The molecule has 0 saturated heterocycles. The van der Waals surface area contributed by atoms with Crippen LogP contribution in [-0.2, 0) is 16.2 Å². The molecule has 0 unspecified atom stereocenters. The van der Waals surface area contributed by atoms with Gasteiger partial charge in [-0.1, -0.05) is 37.3 Å². The molecule has 0 spiro atoms. The van der Waals surface area contributed by atoms with E-state index in [2.05, 4.69) is 10.6 Å². The smallest absolute Gasteiger partial charge is 0.241 e. The molecule has 0 bridgehead atoms. The summed E-state index contributed by atoms with van der Waals surface area (Å²) in [5.74, 6) is 0.493. The molecule has 0 radical (unpaired) electrons. The maximum atomic E-state index is 12.4. The summed E-state index contributed by atoms with van der Waals surface area (Å²) in [7, 11) is 1.76. The van der Waals surface area contributed by atoms with Gasteiger partial charge in [0.2, 0.25) is 11.8 Å². The minimum absolute atomic E-state index is 0.0797. The highest BCUT2D eigenvalue weighted by Gasteiger charge is 2.20. The van der Waals surface area contributed by atoms with Crippen LogP contribution < -0.4 is 15.4 Å². The zero-order chi connectivity index (χ0) is 20.4. The van der Waals surface area contributed by atoms with Gasteiger partial charge in [-0.3, -0.25) is 14.5 Å². The van der Waals surface area contributed by atoms with E-state index in [9.17, 15) is 9.59 Å². The number of hydrogen-bond acceptors (Lipinski definition) is 4. The third kappa shape index (κ3) is 7.04. The number of carbonyl (C=O) groups excluding carboxylic acids is 2. The first kappa shape index (κ1) is 21.4. The van der Waals surface area contributed by atoms with E-state index < -0.39 is 6.04 Å². The van der Waals surface area contributed by atoms with Gasteiger partial charge >= 0.3 is 0 Å². The molecule has 2 amide bonds. The fourth-order valence-corrected chi connectivity index (χ4v) is 2.51. The van der Waals surface area contributed by atoms with Crippen molar-refractivity contribution >= 4 is 17.5 Å². The van der Waals surface area contributed by atoms with Gasteiger partial charge in [-0.05, 0) is 50.2 Å². The highest BCUT2D eigenvalue weighted by Crippen LogP contribution is 2.17. The van der Waals surface area contributed by atoms with E-state index in [0.29, 0.717) is 18.8 Å². The van der Waals surface area contributed by atoms with Crippen molar-refractivity contribution in [2.24, 2.45) is 0 Å². The highest BCUT2D eigenvalue weighted by atomic mass is 16.5. The van der Waals surface area contributed by atoms with Crippen molar-refractivity contribution < 1.29 is 14.3 Å². The molecule has 150 valence electrons. The number of hydrogen-bond donors (Lipinski definition) is 2. The van der Waals surface area contributed by atoms with E-state index in [4.69, 9.17) is 4.74 Å². The van der Waals surface area contributed by atoms with Gasteiger partial charge in [0, 0.05) is 12.2 Å². The number of benzene rings is 2. The summed E-state index contributed by atoms with van der Waals surface area (Å²) in [6.07, 6.45) is 0.885. The first-order chi connectivity index (χ1) is 13.5. The lowest BCUT2D eigenvalue weighted by Gasteiger charge is -2.23. The van der Waals surface area contributed by atoms with E-state index in [-0.39, 0.29) is 18.4 Å². The number of likely N-dealkylation sites (N-methyl/N-ethyl adjacent to an activating group) is 1. The van der Waals surface area contributed by atoms with Gasteiger partial charge in [0.25, 0.3) is 0 Å². The van der Waals surface area contributed by atoms with E-state index in [1.54, 1.807) is 31.0 Å². The van der Waals surface area contributed by atoms with Gasteiger partial charge in [0.05, 0.1) is 12.6 Å². The van der Waals surface area contributed by atoms with Crippen molar-refractivity contribution in [3.05, 3.63) is 60.2 Å². The van der Waals surface area contributed by atoms with Gasteiger partial charge in [0.1, 0.15) is 12.4 Å². The largest absolute Gasteiger partial charge is 0.489 e. The van der Waals surface area contributed by atoms with Gasteiger partial charge in [0.15, 0.2) is 0 Å². The third-order valence-corrected chi connectivity index (χ3v) is 4.38. The molecule has 2 N–H and O–H groups in total. The lowest BCUT2D eigenvalue weighted by Crippen LogP contribution is -2.44. The Kier molecular flexibility index (Phi) is 8.49. The minimum atomic E-state index is -0.429. The second kappa shape index (κ2) is 11.1. The van der Waals surface area contributed by atoms with Gasteiger partial charge in [-0.15, -0.1) is 0 Å². The summed E-state index contributed by atoms with van der Waals surface area (Å²) in [6.45, 7) is 5.10. The quantitative estimate of drug-likeness (QED) is 0.662. The van der Waals surface area contributed by atoms with Crippen LogP contribution >= 0.6 is 0 Å². The van der Waals surface area contributed by atoms with Crippen molar-refractivity contribution in [2.45, 2.75) is 32.9 Å². The summed E-state index contributed by atoms with van der Waals surface area (Å²) >= 11 is 0. The standard InChI is InChI=1S/C22H29N3O3/c1-4-14-23-21(26)15-25(3)17(2)22(27)24-19-10-12-20(13-11-19)28-16-18-8-6-5-7-9-18/h5-13,17H,4,14-16H2,1-3H3,(H,23,26)(H,24,27)/t17-/m0/s1. The summed E-state index contributed by atoms with van der Waals surface area (Å²) < 4.78 is 5.75. The number of rotatable bonds is 10. The summed E-state index contributed by atoms with van der Waals surface area (Å²) in [6, 6.07) is 16.8. The molecule has 28 heavy (non-hydrogen) atoms.